The molecule has 0 aromatic heterocycles. The quantitative estimate of drug-likeness (QED) is 0.731. The minimum Gasteiger partial charge on any atom is -0.481 e. The molecule has 0 aliphatic carbocycles. The minimum atomic E-state index is -3.01. The largest absolute Gasteiger partial charge is 0.481 e. The zero-order valence-corrected chi connectivity index (χ0v) is 15.3. The highest BCUT2D eigenvalue weighted by Crippen LogP contribution is 2.22. The number of sulfone groups is 1. The molecule has 1 saturated heterocycles. The summed E-state index contributed by atoms with van der Waals surface area (Å²) in [5.74, 6) is 0.691. The van der Waals surface area contributed by atoms with Crippen LogP contribution in [0.15, 0.2) is 29.2 Å². The Bertz CT molecular complexity index is 643. The number of hydrogen-bond acceptors (Lipinski definition) is 5. The van der Waals surface area contributed by atoms with Crippen molar-refractivity contribution in [2.75, 3.05) is 24.3 Å². The summed E-state index contributed by atoms with van der Waals surface area (Å²) in [5, 5.41) is 0. The lowest BCUT2D eigenvalue weighted by atomic mass is 10.2. The molecule has 1 aliphatic heterocycles. The molecule has 23 heavy (non-hydrogen) atoms. The van der Waals surface area contributed by atoms with Crippen LogP contribution < -0.4 is 4.74 Å². The normalized spacial score (nSPS) is 20.9. The highest BCUT2D eigenvalue weighted by Gasteiger charge is 2.35. The molecule has 1 fully saturated rings. The predicted molar refractivity (Wildman–Crippen MR) is 92.8 cm³/mol. The van der Waals surface area contributed by atoms with Crippen LogP contribution in [0.5, 0.6) is 5.75 Å². The number of likely N-dealkylation sites (N-methyl/N-ethyl adjacent to an activating group) is 1. The van der Waals surface area contributed by atoms with Gasteiger partial charge in [0.25, 0.3) is 5.91 Å². The topological polar surface area (TPSA) is 63.7 Å². The first-order chi connectivity index (χ1) is 10.9. The number of benzene rings is 1. The van der Waals surface area contributed by atoms with E-state index in [-0.39, 0.29) is 23.5 Å². The van der Waals surface area contributed by atoms with Crippen LogP contribution in [0.1, 0.15) is 20.3 Å². The van der Waals surface area contributed by atoms with Gasteiger partial charge in [0.2, 0.25) is 0 Å². The molecule has 0 N–H and O–H groups in total. The van der Waals surface area contributed by atoms with E-state index < -0.39 is 15.9 Å². The molecule has 1 aromatic carbocycles. The van der Waals surface area contributed by atoms with E-state index in [2.05, 4.69) is 0 Å². The van der Waals surface area contributed by atoms with Crippen LogP contribution in [-0.4, -0.2) is 55.7 Å². The van der Waals surface area contributed by atoms with Crippen LogP contribution in [-0.2, 0) is 14.6 Å². The Morgan fingerprint density at radius 1 is 1.39 bits per heavy atom. The highest BCUT2D eigenvalue weighted by atomic mass is 32.2. The van der Waals surface area contributed by atoms with E-state index in [0.29, 0.717) is 18.7 Å². The first-order valence-electron chi connectivity index (χ1n) is 7.68. The zero-order valence-electron chi connectivity index (χ0n) is 13.7. The van der Waals surface area contributed by atoms with Crippen molar-refractivity contribution in [1.82, 2.24) is 4.90 Å². The summed E-state index contributed by atoms with van der Waals surface area (Å²) in [6, 6.07) is 7.33. The molecule has 5 nitrogen and oxygen atoms in total. The number of nitrogens with zero attached hydrogens (tertiary/aromatic N) is 1. The maximum absolute atomic E-state index is 12.6. The fourth-order valence-corrected chi connectivity index (χ4v) is 4.90. The molecule has 1 aromatic rings. The number of hydrogen-bond donors (Lipinski definition) is 0. The second-order valence-corrected chi connectivity index (χ2v) is 8.73. The average Bonchev–Trinajstić information content (AvgIpc) is 2.88. The fraction of sp³-hybridized carbons (Fsp3) is 0.562. The van der Waals surface area contributed by atoms with Crippen molar-refractivity contribution in [3.05, 3.63) is 24.3 Å². The van der Waals surface area contributed by atoms with Crippen molar-refractivity contribution in [3.8, 4) is 5.75 Å². The Morgan fingerprint density at radius 2 is 2.04 bits per heavy atom. The van der Waals surface area contributed by atoms with E-state index >= 15 is 0 Å². The van der Waals surface area contributed by atoms with Crippen molar-refractivity contribution in [2.45, 2.75) is 37.3 Å². The molecule has 0 radical (unpaired) electrons. The van der Waals surface area contributed by atoms with Crippen LogP contribution in [0.3, 0.4) is 0 Å². The Hall–Kier alpha value is -1.21. The SMILES string of the molecule is CCN(C(=O)[C@H](C)Oc1ccc(SC)cc1)[C@H]1CCS(=O)(=O)C1. The van der Waals surface area contributed by atoms with Crippen molar-refractivity contribution < 1.29 is 17.9 Å². The zero-order chi connectivity index (χ0) is 17.0. The van der Waals surface area contributed by atoms with Gasteiger partial charge in [0.15, 0.2) is 15.9 Å². The van der Waals surface area contributed by atoms with Crippen LogP contribution in [0, 0.1) is 0 Å². The molecule has 7 heteroatoms. The van der Waals surface area contributed by atoms with Crippen molar-refractivity contribution in [2.24, 2.45) is 0 Å². The molecule has 2 rings (SSSR count). The first-order valence-corrected chi connectivity index (χ1v) is 10.7. The molecular weight excluding hydrogens is 334 g/mol. The third-order valence-corrected chi connectivity index (χ3v) is 6.49. The second kappa shape index (κ2) is 7.57. The molecule has 0 spiro atoms. The summed E-state index contributed by atoms with van der Waals surface area (Å²) in [4.78, 5) is 15.4. The molecule has 128 valence electrons. The van der Waals surface area contributed by atoms with Crippen molar-refractivity contribution in [3.63, 3.8) is 0 Å². The third kappa shape index (κ3) is 4.64. The van der Waals surface area contributed by atoms with Crippen LogP contribution in [0.25, 0.3) is 0 Å². The van der Waals surface area contributed by atoms with E-state index in [4.69, 9.17) is 4.74 Å². The summed E-state index contributed by atoms with van der Waals surface area (Å²) in [5.41, 5.74) is 0. The second-order valence-electron chi connectivity index (χ2n) is 5.62. The third-order valence-electron chi connectivity index (χ3n) is 3.99. The number of ether oxygens (including phenoxy) is 1. The van der Waals surface area contributed by atoms with Crippen molar-refractivity contribution in [1.29, 1.82) is 0 Å². The van der Waals surface area contributed by atoms with Gasteiger partial charge in [-0.1, -0.05) is 0 Å². The molecule has 0 bridgehead atoms. The van der Waals surface area contributed by atoms with Gasteiger partial charge < -0.3 is 9.64 Å². The van der Waals surface area contributed by atoms with E-state index in [9.17, 15) is 13.2 Å². The van der Waals surface area contributed by atoms with Gasteiger partial charge in [-0.05, 0) is 50.8 Å². The van der Waals surface area contributed by atoms with Gasteiger partial charge in [-0.2, -0.15) is 0 Å². The molecule has 1 heterocycles. The number of amides is 1. The molecule has 2 atom stereocenters. The van der Waals surface area contributed by atoms with Gasteiger partial charge in [-0.15, -0.1) is 11.8 Å². The average molecular weight is 357 g/mol. The van der Waals surface area contributed by atoms with Gasteiger partial charge in [-0.25, -0.2) is 8.42 Å². The van der Waals surface area contributed by atoms with E-state index in [1.165, 1.54) is 0 Å². The standard InChI is InChI=1S/C16H23NO4S2/c1-4-17(13-9-10-23(19,20)11-13)16(18)12(2)21-14-5-7-15(22-3)8-6-14/h5-8,12-13H,4,9-11H2,1-3H3/t12-,13-/m0/s1. The van der Waals surface area contributed by atoms with E-state index in [1.54, 1.807) is 23.6 Å². The summed E-state index contributed by atoms with van der Waals surface area (Å²) in [6.07, 6.45) is 1.87. The monoisotopic (exact) mass is 357 g/mol. The van der Waals surface area contributed by atoms with Crippen LogP contribution in [0.4, 0.5) is 0 Å². The lowest BCUT2D eigenvalue weighted by Crippen LogP contribution is -2.46. The maximum Gasteiger partial charge on any atom is 0.263 e. The number of thioether (sulfide) groups is 1. The molecule has 1 aliphatic rings. The maximum atomic E-state index is 12.6. The lowest BCUT2D eigenvalue weighted by molar-refractivity contribution is -0.139. The molecule has 0 saturated carbocycles. The molecular formula is C16H23NO4S2. The Labute approximate surface area is 142 Å². The Balaban J connectivity index is 2.01. The van der Waals surface area contributed by atoms with Gasteiger partial charge in [-0.3, -0.25) is 4.79 Å². The number of rotatable bonds is 6. The highest BCUT2D eigenvalue weighted by molar-refractivity contribution is 7.98. The van der Waals surface area contributed by atoms with Gasteiger partial charge in [0, 0.05) is 17.5 Å². The van der Waals surface area contributed by atoms with Gasteiger partial charge in [0.05, 0.1) is 11.5 Å². The molecule has 1 amide bonds. The number of carbonyl (C=O) groups excluding carboxylic acids is 1. The van der Waals surface area contributed by atoms with Crippen molar-refractivity contribution >= 4 is 27.5 Å². The number of carbonyl (C=O) groups is 1. The summed E-state index contributed by atoms with van der Waals surface area (Å²) in [6.45, 7) is 4.05. The Kier molecular flexibility index (Phi) is 5.97. The lowest BCUT2D eigenvalue weighted by Gasteiger charge is -2.29. The van der Waals surface area contributed by atoms with Gasteiger partial charge >= 0.3 is 0 Å². The summed E-state index contributed by atoms with van der Waals surface area (Å²) >= 11 is 1.64. The smallest absolute Gasteiger partial charge is 0.263 e. The minimum absolute atomic E-state index is 0.0573. The fourth-order valence-electron chi connectivity index (χ4n) is 2.76. The van der Waals surface area contributed by atoms with E-state index in [1.807, 2.05) is 37.4 Å². The summed E-state index contributed by atoms with van der Waals surface area (Å²) < 4.78 is 29.0. The van der Waals surface area contributed by atoms with E-state index in [0.717, 1.165) is 4.90 Å². The molecule has 0 unspecified atom stereocenters. The van der Waals surface area contributed by atoms with Gasteiger partial charge in [0.1, 0.15) is 5.75 Å². The van der Waals surface area contributed by atoms with Crippen LogP contribution >= 0.6 is 11.8 Å². The summed E-state index contributed by atoms with van der Waals surface area (Å²) in [7, 11) is -3.01. The first kappa shape index (κ1) is 18.1. The predicted octanol–water partition coefficient (Wildman–Crippen LogP) is 2.21. The Morgan fingerprint density at radius 3 is 2.52 bits per heavy atom. The van der Waals surface area contributed by atoms with Crippen LogP contribution in [0.2, 0.25) is 0 Å².